The topological polar surface area (TPSA) is 114 Å². The lowest BCUT2D eigenvalue weighted by Crippen LogP contribution is -2.55. The number of aromatic nitrogens is 4. The first kappa shape index (κ1) is 21.0. The van der Waals surface area contributed by atoms with Crippen LogP contribution in [0.2, 0.25) is 10.0 Å². The smallest absolute Gasteiger partial charge is 0.145 e. The zero-order valence-electron chi connectivity index (χ0n) is 14.7. The van der Waals surface area contributed by atoms with Crippen LogP contribution < -0.4 is 0 Å². The quantitative estimate of drug-likeness (QED) is 0.516. The van der Waals surface area contributed by atoms with Gasteiger partial charge in [-0.3, -0.25) is 0 Å². The molecular formula is C17H16Cl2N4O4S2. The molecule has 4 rings (SSSR count). The number of benzene rings is 1. The SMILES string of the molecule is OCC1O[C@H](Sc2cc(Cl)cc(Cl)c2)C(O)C(n2cc(-c3nccs3)nn2)[C@H]1O. The van der Waals surface area contributed by atoms with Crippen molar-refractivity contribution >= 4 is 46.3 Å². The van der Waals surface area contributed by atoms with E-state index in [-0.39, 0.29) is 0 Å². The van der Waals surface area contributed by atoms with Gasteiger partial charge in [0.2, 0.25) is 0 Å². The lowest BCUT2D eigenvalue weighted by Gasteiger charge is -2.41. The third kappa shape index (κ3) is 4.44. The summed E-state index contributed by atoms with van der Waals surface area (Å²) in [5.41, 5.74) is -0.278. The van der Waals surface area contributed by atoms with Crippen molar-refractivity contribution in [2.45, 2.75) is 34.7 Å². The second kappa shape index (κ2) is 8.86. The number of hydrogen-bond acceptors (Lipinski definition) is 9. The number of thioether (sulfide) groups is 1. The molecule has 0 saturated carbocycles. The minimum atomic E-state index is -1.19. The van der Waals surface area contributed by atoms with E-state index < -0.39 is 36.4 Å². The van der Waals surface area contributed by atoms with E-state index in [0.29, 0.717) is 25.6 Å². The van der Waals surface area contributed by atoms with Gasteiger partial charge < -0.3 is 20.1 Å². The van der Waals surface area contributed by atoms with Gasteiger partial charge in [-0.05, 0) is 18.2 Å². The molecular weight excluding hydrogens is 459 g/mol. The molecule has 3 N–H and O–H groups in total. The summed E-state index contributed by atoms with van der Waals surface area (Å²) in [6, 6.07) is 4.11. The minimum Gasteiger partial charge on any atom is -0.394 e. The number of thiazole rings is 1. The highest BCUT2D eigenvalue weighted by molar-refractivity contribution is 7.99. The molecule has 2 aromatic heterocycles. The molecule has 1 aromatic carbocycles. The van der Waals surface area contributed by atoms with Crippen molar-refractivity contribution in [1.29, 1.82) is 0 Å². The Labute approximate surface area is 184 Å². The Bertz CT molecular complexity index is 954. The van der Waals surface area contributed by atoms with E-state index in [0.717, 1.165) is 0 Å². The zero-order valence-corrected chi connectivity index (χ0v) is 17.8. The standard InChI is InChI=1S/C17H16Cl2N4O4S2/c18-8-3-9(19)5-10(4-8)29-17-15(26)13(14(25)12(7-24)27-17)23-6-11(21-22-23)16-20-1-2-28-16/h1-6,12-15,17,24-26H,7H2/t12?,13?,14-,15?,17+/m0/s1. The number of halogens is 2. The number of hydrogen-bond donors (Lipinski definition) is 3. The van der Waals surface area contributed by atoms with Gasteiger partial charge in [-0.1, -0.05) is 40.2 Å². The lowest BCUT2D eigenvalue weighted by atomic mass is 9.97. The highest BCUT2D eigenvalue weighted by Crippen LogP contribution is 2.39. The summed E-state index contributed by atoms with van der Waals surface area (Å²) in [4.78, 5) is 4.87. The Hall–Kier alpha value is -1.24. The van der Waals surface area contributed by atoms with Crippen LogP contribution in [-0.2, 0) is 4.74 Å². The minimum absolute atomic E-state index is 0.425. The van der Waals surface area contributed by atoms with Gasteiger partial charge in [0.1, 0.15) is 40.5 Å². The van der Waals surface area contributed by atoms with Crippen molar-refractivity contribution in [3.8, 4) is 10.7 Å². The van der Waals surface area contributed by atoms with Gasteiger partial charge in [0.25, 0.3) is 0 Å². The fraction of sp³-hybridized carbons (Fsp3) is 0.353. The molecule has 1 aliphatic heterocycles. The lowest BCUT2D eigenvalue weighted by molar-refractivity contribution is -0.178. The van der Waals surface area contributed by atoms with Gasteiger partial charge in [-0.2, -0.15) is 0 Å². The molecule has 12 heteroatoms. The summed E-state index contributed by atoms with van der Waals surface area (Å²) in [6.07, 6.45) is 0.000195. The van der Waals surface area contributed by atoms with Crippen LogP contribution in [0.4, 0.5) is 0 Å². The van der Waals surface area contributed by atoms with Crippen LogP contribution in [0.5, 0.6) is 0 Å². The highest BCUT2D eigenvalue weighted by atomic mass is 35.5. The van der Waals surface area contributed by atoms with Crippen LogP contribution in [0, 0.1) is 0 Å². The second-order valence-electron chi connectivity index (χ2n) is 6.34. The van der Waals surface area contributed by atoms with E-state index in [1.54, 1.807) is 30.6 Å². The Kier molecular flexibility index (Phi) is 6.42. The molecule has 0 spiro atoms. The molecule has 1 aliphatic rings. The Balaban J connectivity index is 1.62. The average Bonchev–Trinajstić information content (AvgIpc) is 3.35. The second-order valence-corrected chi connectivity index (χ2v) is 9.28. The monoisotopic (exact) mass is 474 g/mol. The number of ether oxygens (including phenoxy) is 1. The molecule has 1 saturated heterocycles. The molecule has 5 atom stereocenters. The molecule has 0 bridgehead atoms. The first-order valence-electron chi connectivity index (χ1n) is 8.53. The van der Waals surface area contributed by atoms with Crippen LogP contribution in [0.3, 0.4) is 0 Å². The van der Waals surface area contributed by atoms with Crippen LogP contribution in [0.1, 0.15) is 6.04 Å². The van der Waals surface area contributed by atoms with Crippen LogP contribution >= 0.6 is 46.3 Å². The largest absolute Gasteiger partial charge is 0.394 e. The molecule has 3 heterocycles. The van der Waals surface area contributed by atoms with E-state index in [4.69, 9.17) is 27.9 Å². The van der Waals surface area contributed by atoms with Gasteiger partial charge >= 0.3 is 0 Å². The third-order valence-electron chi connectivity index (χ3n) is 4.40. The van der Waals surface area contributed by atoms with E-state index in [9.17, 15) is 15.3 Å². The number of nitrogens with zero attached hydrogens (tertiary/aromatic N) is 4. The maximum absolute atomic E-state index is 11.0. The van der Waals surface area contributed by atoms with E-state index in [1.807, 2.05) is 5.38 Å². The third-order valence-corrected chi connectivity index (χ3v) is 6.77. The van der Waals surface area contributed by atoms with Crippen LogP contribution in [0.15, 0.2) is 40.9 Å². The van der Waals surface area contributed by atoms with Gasteiger partial charge in [-0.15, -0.1) is 16.4 Å². The molecule has 3 unspecified atom stereocenters. The van der Waals surface area contributed by atoms with Crippen molar-refractivity contribution in [1.82, 2.24) is 20.0 Å². The summed E-state index contributed by atoms with van der Waals surface area (Å²) in [7, 11) is 0. The normalized spacial score (nSPS) is 27.3. The predicted octanol–water partition coefficient (Wildman–Crippen LogP) is 2.48. The van der Waals surface area contributed by atoms with Gasteiger partial charge in [0, 0.05) is 26.5 Å². The summed E-state index contributed by atoms with van der Waals surface area (Å²) >= 11 is 14.7. The number of rotatable bonds is 5. The van der Waals surface area contributed by atoms with E-state index in [2.05, 4.69) is 15.3 Å². The highest BCUT2D eigenvalue weighted by Gasteiger charge is 2.46. The number of aliphatic hydroxyl groups excluding tert-OH is 3. The van der Waals surface area contributed by atoms with Crippen molar-refractivity contribution in [3.63, 3.8) is 0 Å². The van der Waals surface area contributed by atoms with E-state index in [1.165, 1.54) is 27.8 Å². The molecule has 0 amide bonds. The predicted molar refractivity (Wildman–Crippen MR) is 110 cm³/mol. The fourth-order valence-corrected chi connectivity index (χ4v) is 5.48. The van der Waals surface area contributed by atoms with Crippen molar-refractivity contribution in [3.05, 3.63) is 46.0 Å². The number of aliphatic hydroxyl groups is 3. The Morgan fingerprint density at radius 2 is 1.93 bits per heavy atom. The van der Waals surface area contributed by atoms with Crippen molar-refractivity contribution in [2.24, 2.45) is 0 Å². The average molecular weight is 475 g/mol. The van der Waals surface area contributed by atoms with Gasteiger partial charge in [-0.25, -0.2) is 9.67 Å². The Morgan fingerprint density at radius 3 is 2.59 bits per heavy atom. The zero-order chi connectivity index (χ0) is 20.5. The maximum Gasteiger partial charge on any atom is 0.145 e. The van der Waals surface area contributed by atoms with Gasteiger partial charge in [0.05, 0.1) is 12.8 Å². The molecule has 3 aromatic rings. The first-order valence-corrected chi connectivity index (χ1v) is 11.0. The molecule has 1 fully saturated rings. The van der Waals surface area contributed by atoms with Crippen molar-refractivity contribution in [2.75, 3.05) is 6.61 Å². The molecule has 8 nitrogen and oxygen atoms in total. The van der Waals surface area contributed by atoms with Crippen LogP contribution in [-0.4, -0.2) is 65.7 Å². The molecule has 29 heavy (non-hydrogen) atoms. The fourth-order valence-electron chi connectivity index (χ4n) is 3.08. The molecule has 0 radical (unpaired) electrons. The van der Waals surface area contributed by atoms with Gasteiger partial charge in [0.15, 0.2) is 0 Å². The van der Waals surface area contributed by atoms with Crippen molar-refractivity contribution < 1.29 is 20.1 Å². The molecule has 0 aliphatic carbocycles. The van der Waals surface area contributed by atoms with E-state index >= 15 is 0 Å². The summed E-state index contributed by atoms with van der Waals surface area (Å²) in [6.45, 7) is -0.425. The summed E-state index contributed by atoms with van der Waals surface area (Å²) in [5.74, 6) is 0. The summed E-state index contributed by atoms with van der Waals surface area (Å²) < 4.78 is 7.11. The molecule has 154 valence electrons. The Morgan fingerprint density at radius 1 is 1.17 bits per heavy atom. The maximum atomic E-state index is 11.0. The van der Waals surface area contributed by atoms with Crippen LogP contribution in [0.25, 0.3) is 10.7 Å². The first-order chi connectivity index (χ1) is 14.0. The summed E-state index contributed by atoms with van der Waals surface area (Å²) in [5, 5.41) is 42.8.